The molecule has 0 saturated carbocycles. The molecule has 0 aliphatic carbocycles. The van der Waals surface area contributed by atoms with Gasteiger partial charge in [0.05, 0.1) is 10.6 Å². The van der Waals surface area contributed by atoms with Crippen LogP contribution in [-0.4, -0.2) is 91.8 Å². The molecule has 3 heterocycles. The van der Waals surface area contributed by atoms with Crippen LogP contribution in [0.3, 0.4) is 0 Å². The molecule has 0 atom stereocenters. The fraction of sp³-hybridized carbons (Fsp3) is 0.389. The smallest absolute Gasteiger partial charge is 0.250 e. The molecule has 47 heavy (non-hydrogen) atoms. The van der Waals surface area contributed by atoms with Gasteiger partial charge in [-0.05, 0) is 52.9 Å². The highest BCUT2D eigenvalue weighted by Crippen LogP contribution is 2.34. The lowest BCUT2D eigenvalue weighted by molar-refractivity contribution is -0.127. The van der Waals surface area contributed by atoms with Crippen LogP contribution >= 0.6 is 0 Å². The number of aliphatic hydroxyl groups excluding tert-OH is 1. The monoisotopic (exact) mass is 656 g/mol. The molecule has 248 valence electrons. The van der Waals surface area contributed by atoms with Gasteiger partial charge >= 0.3 is 0 Å². The van der Waals surface area contributed by atoms with Crippen LogP contribution in [0, 0.1) is 5.92 Å². The number of carbonyl (C=O) groups excluding carboxylic acids is 1. The normalized spacial score (nSPS) is 17.7. The average Bonchev–Trinajstić information content (AvgIpc) is 3.22. The standard InChI is InChI=1S/C36H44N6O4S/c1-2-14-41(22-27-8-6-26(7-9-27)21-40-15-12-38-13-16-40)36(44)32-17-31-11-10-30(19-34(31)39-35(37)20-32)29-4-3-5-33(18-29)47(45,46)42-23-28(24-42)25-43/h3-11,17-19,28,38,43H,2,12-16,20-25H2,1H3,(H2,37,39). The second-order valence-electron chi connectivity index (χ2n) is 12.7. The summed E-state index contributed by atoms with van der Waals surface area (Å²) in [6, 6.07) is 21.1. The molecule has 2 fully saturated rings. The maximum atomic E-state index is 13.9. The molecule has 3 aromatic carbocycles. The molecule has 1 amide bonds. The summed E-state index contributed by atoms with van der Waals surface area (Å²) in [5.74, 6) is 0.277. The summed E-state index contributed by atoms with van der Waals surface area (Å²) < 4.78 is 27.7. The maximum Gasteiger partial charge on any atom is 0.250 e. The third kappa shape index (κ3) is 7.66. The van der Waals surface area contributed by atoms with E-state index in [0.29, 0.717) is 43.3 Å². The van der Waals surface area contributed by atoms with E-state index in [1.807, 2.05) is 35.2 Å². The van der Waals surface area contributed by atoms with Crippen molar-refractivity contribution >= 4 is 33.5 Å². The predicted molar refractivity (Wildman–Crippen MR) is 185 cm³/mol. The molecule has 3 aliphatic heterocycles. The van der Waals surface area contributed by atoms with Crippen LogP contribution in [0.5, 0.6) is 0 Å². The Balaban J connectivity index is 1.19. The third-order valence-corrected chi connectivity index (χ3v) is 10.9. The number of amidine groups is 1. The first kappa shape index (κ1) is 33.0. The number of hydrogen-bond donors (Lipinski definition) is 3. The first-order chi connectivity index (χ1) is 22.7. The van der Waals surface area contributed by atoms with Crippen molar-refractivity contribution < 1.29 is 18.3 Å². The first-order valence-electron chi connectivity index (χ1n) is 16.4. The van der Waals surface area contributed by atoms with Gasteiger partial charge < -0.3 is 21.1 Å². The summed E-state index contributed by atoms with van der Waals surface area (Å²) in [4.78, 5) is 23.1. The fourth-order valence-corrected chi connectivity index (χ4v) is 7.99. The molecule has 0 aromatic heterocycles. The minimum absolute atomic E-state index is 0.0150. The van der Waals surface area contributed by atoms with Crippen molar-refractivity contribution in [2.24, 2.45) is 16.6 Å². The van der Waals surface area contributed by atoms with Gasteiger partial charge in [0.25, 0.3) is 5.91 Å². The number of nitrogens with one attached hydrogen (secondary N) is 1. The molecule has 3 aliphatic rings. The van der Waals surface area contributed by atoms with Crippen LogP contribution in [0.2, 0.25) is 0 Å². The number of sulfonamides is 1. The number of aliphatic imine (C=N–C) groups is 1. The highest BCUT2D eigenvalue weighted by molar-refractivity contribution is 7.89. The summed E-state index contributed by atoms with van der Waals surface area (Å²) in [6.07, 6.45) is 2.95. The van der Waals surface area contributed by atoms with Crippen LogP contribution in [-0.2, 0) is 27.9 Å². The number of piperazine rings is 1. The molecule has 4 N–H and O–H groups in total. The zero-order valence-corrected chi connectivity index (χ0v) is 27.8. The van der Waals surface area contributed by atoms with Gasteiger partial charge in [-0.2, -0.15) is 4.31 Å². The zero-order valence-electron chi connectivity index (χ0n) is 26.9. The third-order valence-electron chi connectivity index (χ3n) is 9.05. The minimum atomic E-state index is -3.65. The van der Waals surface area contributed by atoms with Gasteiger partial charge in [-0.15, -0.1) is 0 Å². The summed E-state index contributed by atoms with van der Waals surface area (Å²) in [5, 5.41) is 12.7. The molecular formula is C36H44N6O4S. The van der Waals surface area contributed by atoms with Crippen molar-refractivity contribution in [3.63, 3.8) is 0 Å². The summed E-state index contributed by atoms with van der Waals surface area (Å²) in [6.45, 7) is 8.91. The predicted octanol–water partition coefficient (Wildman–Crippen LogP) is 3.59. The number of carbonyl (C=O) groups is 1. The number of nitrogens with zero attached hydrogens (tertiary/aromatic N) is 4. The van der Waals surface area contributed by atoms with Gasteiger partial charge in [0.1, 0.15) is 5.84 Å². The van der Waals surface area contributed by atoms with E-state index in [1.54, 1.807) is 18.2 Å². The summed E-state index contributed by atoms with van der Waals surface area (Å²) >= 11 is 0. The van der Waals surface area contributed by atoms with Crippen LogP contribution in [0.15, 0.2) is 82.2 Å². The minimum Gasteiger partial charge on any atom is -0.396 e. The van der Waals surface area contributed by atoms with E-state index in [9.17, 15) is 18.3 Å². The molecule has 6 rings (SSSR count). The highest BCUT2D eigenvalue weighted by atomic mass is 32.2. The number of fused-ring (bicyclic) bond motifs is 1. The Morgan fingerprint density at radius 3 is 2.47 bits per heavy atom. The van der Waals surface area contributed by atoms with E-state index in [-0.39, 0.29) is 29.7 Å². The van der Waals surface area contributed by atoms with Gasteiger partial charge in [0, 0.05) is 89.0 Å². The Hall–Kier alpha value is -3.87. The Morgan fingerprint density at radius 1 is 1.02 bits per heavy atom. The van der Waals surface area contributed by atoms with Gasteiger partial charge in [0.2, 0.25) is 10.0 Å². The Labute approximate surface area is 277 Å². The number of rotatable bonds is 11. The van der Waals surface area contributed by atoms with E-state index in [0.717, 1.165) is 61.4 Å². The van der Waals surface area contributed by atoms with Crippen molar-refractivity contribution in [2.75, 3.05) is 52.4 Å². The number of hydrogen-bond acceptors (Lipinski definition) is 8. The van der Waals surface area contributed by atoms with Gasteiger partial charge in [-0.3, -0.25) is 9.69 Å². The second kappa shape index (κ2) is 14.5. The molecule has 11 heteroatoms. The van der Waals surface area contributed by atoms with Gasteiger partial charge in [-0.25, -0.2) is 13.4 Å². The van der Waals surface area contributed by atoms with Gasteiger partial charge in [-0.1, -0.05) is 55.5 Å². The van der Waals surface area contributed by atoms with Crippen molar-refractivity contribution in [3.05, 3.63) is 89.0 Å². The second-order valence-corrected chi connectivity index (χ2v) is 14.6. The van der Waals surface area contributed by atoms with Crippen molar-refractivity contribution in [2.45, 2.75) is 37.8 Å². The van der Waals surface area contributed by atoms with Crippen molar-refractivity contribution in [3.8, 4) is 11.1 Å². The summed E-state index contributed by atoms with van der Waals surface area (Å²) in [7, 11) is -3.65. The van der Waals surface area contributed by atoms with E-state index >= 15 is 0 Å². The number of nitrogens with two attached hydrogens (primary N) is 1. The van der Waals surface area contributed by atoms with Gasteiger partial charge in [0.15, 0.2) is 0 Å². The van der Waals surface area contributed by atoms with E-state index in [4.69, 9.17) is 5.73 Å². The lowest BCUT2D eigenvalue weighted by Crippen LogP contribution is -2.51. The Bertz CT molecular complexity index is 1760. The van der Waals surface area contributed by atoms with Crippen LogP contribution in [0.4, 0.5) is 5.69 Å². The molecule has 0 bridgehead atoms. The zero-order chi connectivity index (χ0) is 33.0. The molecular weight excluding hydrogens is 613 g/mol. The molecule has 0 radical (unpaired) electrons. The van der Waals surface area contributed by atoms with E-state index in [2.05, 4.69) is 46.4 Å². The lowest BCUT2D eigenvalue weighted by atomic mass is 10.0. The quantitative estimate of drug-likeness (QED) is 0.288. The SMILES string of the molecule is CCCN(Cc1ccc(CN2CCNCC2)cc1)C(=O)C1=Cc2ccc(-c3cccc(S(=O)(=O)N4CC(CO)C4)c3)cc2N=C(N)C1. The average molecular weight is 657 g/mol. The highest BCUT2D eigenvalue weighted by Gasteiger charge is 2.36. The first-order valence-corrected chi connectivity index (χ1v) is 17.9. The number of aliphatic hydroxyl groups is 1. The van der Waals surface area contributed by atoms with Crippen molar-refractivity contribution in [1.29, 1.82) is 0 Å². The molecule has 0 spiro atoms. The van der Waals surface area contributed by atoms with Crippen LogP contribution in [0.1, 0.15) is 36.5 Å². The molecule has 2 saturated heterocycles. The van der Waals surface area contributed by atoms with Crippen LogP contribution in [0.25, 0.3) is 17.2 Å². The van der Waals surface area contributed by atoms with E-state index < -0.39 is 10.0 Å². The molecule has 0 unspecified atom stereocenters. The largest absolute Gasteiger partial charge is 0.396 e. The Morgan fingerprint density at radius 2 is 1.74 bits per heavy atom. The lowest BCUT2D eigenvalue weighted by Gasteiger charge is -2.36. The molecule has 10 nitrogen and oxygen atoms in total. The Kier molecular flexibility index (Phi) is 10.2. The fourth-order valence-electron chi connectivity index (χ4n) is 6.35. The number of amides is 1. The topological polar surface area (TPSA) is 132 Å². The number of benzene rings is 3. The van der Waals surface area contributed by atoms with Crippen molar-refractivity contribution in [1.82, 2.24) is 19.4 Å². The molecule has 3 aromatic rings. The van der Waals surface area contributed by atoms with E-state index in [1.165, 1.54) is 9.87 Å². The summed E-state index contributed by atoms with van der Waals surface area (Å²) in [5.41, 5.74) is 12.3. The van der Waals surface area contributed by atoms with Crippen LogP contribution < -0.4 is 11.1 Å². The maximum absolute atomic E-state index is 13.9.